The van der Waals surface area contributed by atoms with Crippen LogP contribution in [0.1, 0.15) is 46.1 Å². The van der Waals surface area contributed by atoms with Crippen LogP contribution in [0.5, 0.6) is 0 Å². The first-order chi connectivity index (χ1) is 9.34. The van der Waals surface area contributed by atoms with Crippen LogP contribution in [0, 0.1) is 0 Å². The van der Waals surface area contributed by atoms with Crippen molar-refractivity contribution < 1.29 is 14.6 Å². The van der Waals surface area contributed by atoms with Gasteiger partial charge in [-0.3, -0.25) is 0 Å². The van der Waals surface area contributed by atoms with Crippen LogP contribution in [0.15, 0.2) is 30.3 Å². The van der Waals surface area contributed by atoms with Gasteiger partial charge < -0.3 is 15.2 Å². The quantitative estimate of drug-likeness (QED) is 0.840. The highest BCUT2D eigenvalue weighted by Gasteiger charge is 2.41. The van der Waals surface area contributed by atoms with Crippen molar-refractivity contribution in [3.63, 3.8) is 0 Å². The molecule has 2 N–H and O–H groups in total. The van der Waals surface area contributed by atoms with Gasteiger partial charge in [-0.15, -0.1) is 0 Å². The number of carbonyl (C=O) groups is 1. The lowest BCUT2D eigenvalue weighted by molar-refractivity contribution is -0.0436. The van der Waals surface area contributed by atoms with Crippen molar-refractivity contribution in [1.82, 2.24) is 5.32 Å². The lowest BCUT2D eigenvalue weighted by Crippen LogP contribution is -2.60. The summed E-state index contributed by atoms with van der Waals surface area (Å²) in [6.45, 7) is 7.65. The van der Waals surface area contributed by atoms with E-state index in [0.29, 0.717) is 12.8 Å². The highest BCUT2D eigenvalue weighted by Crippen LogP contribution is 2.28. The number of ether oxygens (including phenoxy) is 1. The Morgan fingerprint density at radius 1 is 1.20 bits per heavy atom. The molecule has 1 amide bonds. The second-order valence-electron chi connectivity index (χ2n) is 5.55. The highest BCUT2D eigenvalue weighted by atomic mass is 16.5. The topological polar surface area (TPSA) is 58.6 Å². The van der Waals surface area contributed by atoms with E-state index in [4.69, 9.17) is 4.74 Å². The fourth-order valence-electron chi connectivity index (χ4n) is 2.26. The molecule has 112 valence electrons. The molecule has 20 heavy (non-hydrogen) atoms. The molecule has 0 radical (unpaired) electrons. The number of alkyl carbamates (subject to hydrolysis) is 1. The van der Waals surface area contributed by atoms with Crippen molar-refractivity contribution in [3.8, 4) is 0 Å². The molecule has 0 aliphatic rings. The van der Waals surface area contributed by atoms with E-state index in [2.05, 4.69) is 5.32 Å². The Morgan fingerprint density at radius 2 is 1.75 bits per heavy atom. The summed E-state index contributed by atoms with van der Waals surface area (Å²) < 4.78 is 5.19. The van der Waals surface area contributed by atoms with Crippen molar-refractivity contribution >= 4 is 6.09 Å². The predicted octanol–water partition coefficient (Wildman–Crippen LogP) is 3.24. The van der Waals surface area contributed by atoms with Crippen LogP contribution in [-0.4, -0.2) is 22.3 Å². The SMILES string of the molecule is CCC(O)(CC)C(C)(C)NC(=O)OCc1ccccc1. The molecule has 0 atom stereocenters. The minimum absolute atomic E-state index is 0.222. The second kappa shape index (κ2) is 6.75. The van der Waals surface area contributed by atoms with Gasteiger partial charge in [-0.05, 0) is 32.3 Å². The van der Waals surface area contributed by atoms with E-state index < -0.39 is 17.2 Å². The monoisotopic (exact) mass is 279 g/mol. The summed E-state index contributed by atoms with van der Waals surface area (Å²) in [6, 6.07) is 9.50. The van der Waals surface area contributed by atoms with Crippen molar-refractivity contribution in [2.45, 2.75) is 58.3 Å². The standard InChI is InChI=1S/C16H25NO3/c1-5-16(19,6-2)15(3,4)17-14(18)20-12-13-10-8-7-9-11-13/h7-11,19H,5-6,12H2,1-4H3,(H,17,18). The van der Waals surface area contributed by atoms with E-state index in [0.717, 1.165) is 5.56 Å². The molecule has 0 aliphatic carbocycles. The van der Waals surface area contributed by atoms with E-state index in [1.54, 1.807) is 0 Å². The number of carbonyl (C=O) groups excluding carboxylic acids is 1. The lowest BCUT2D eigenvalue weighted by atomic mass is 9.78. The molecule has 0 saturated carbocycles. The van der Waals surface area contributed by atoms with Crippen molar-refractivity contribution in [2.24, 2.45) is 0 Å². The first kappa shape index (κ1) is 16.5. The Kier molecular flexibility index (Phi) is 5.57. The van der Waals surface area contributed by atoms with Gasteiger partial charge in [-0.25, -0.2) is 4.79 Å². The molecule has 0 aliphatic heterocycles. The molecule has 4 nitrogen and oxygen atoms in total. The average Bonchev–Trinajstić information content (AvgIpc) is 2.44. The minimum atomic E-state index is -0.946. The molecule has 4 heteroatoms. The van der Waals surface area contributed by atoms with E-state index in [9.17, 15) is 9.90 Å². The van der Waals surface area contributed by atoms with Crippen molar-refractivity contribution in [3.05, 3.63) is 35.9 Å². The van der Waals surface area contributed by atoms with Crippen LogP contribution in [0.3, 0.4) is 0 Å². The van der Waals surface area contributed by atoms with Gasteiger partial charge in [-0.1, -0.05) is 44.2 Å². The Balaban J connectivity index is 2.57. The third kappa shape index (κ3) is 3.97. The summed E-state index contributed by atoms with van der Waals surface area (Å²) in [5, 5.41) is 13.3. The Bertz CT molecular complexity index is 425. The van der Waals surface area contributed by atoms with Crippen LogP contribution >= 0.6 is 0 Å². The maximum absolute atomic E-state index is 11.9. The normalized spacial score (nSPS) is 12.1. The number of benzene rings is 1. The summed E-state index contributed by atoms with van der Waals surface area (Å²) in [4.78, 5) is 11.9. The maximum Gasteiger partial charge on any atom is 0.407 e. The second-order valence-corrected chi connectivity index (χ2v) is 5.55. The van der Waals surface area contributed by atoms with Gasteiger partial charge in [0.2, 0.25) is 0 Å². The first-order valence-corrected chi connectivity index (χ1v) is 7.06. The zero-order valence-corrected chi connectivity index (χ0v) is 12.8. The van der Waals surface area contributed by atoms with Gasteiger partial charge in [-0.2, -0.15) is 0 Å². The first-order valence-electron chi connectivity index (χ1n) is 7.06. The zero-order chi connectivity index (χ0) is 15.2. The molecular formula is C16H25NO3. The molecule has 0 aromatic heterocycles. The summed E-state index contributed by atoms with van der Waals surface area (Å²) in [5.41, 5.74) is -0.759. The van der Waals surface area contributed by atoms with Crippen LogP contribution in [0.25, 0.3) is 0 Å². The molecule has 0 bridgehead atoms. The minimum Gasteiger partial charge on any atom is -0.445 e. The smallest absolute Gasteiger partial charge is 0.407 e. The summed E-state index contributed by atoms with van der Waals surface area (Å²) in [7, 11) is 0. The Labute approximate surface area is 121 Å². The van der Waals surface area contributed by atoms with Crippen molar-refractivity contribution in [1.29, 1.82) is 0 Å². The van der Waals surface area contributed by atoms with Gasteiger partial charge in [0.1, 0.15) is 6.61 Å². The number of hydrogen-bond acceptors (Lipinski definition) is 3. The molecule has 1 rings (SSSR count). The maximum atomic E-state index is 11.9. The van der Waals surface area contributed by atoms with Crippen molar-refractivity contribution in [2.75, 3.05) is 0 Å². The number of aliphatic hydroxyl groups is 1. The van der Waals surface area contributed by atoms with Crippen LogP contribution in [-0.2, 0) is 11.3 Å². The number of nitrogens with one attached hydrogen (secondary N) is 1. The Morgan fingerprint density at radius 3 is 2.25 bits per heavy atom. The third-order valence-corrected chi connectivity index (χ3v) is 3.96. The lowest BCUT2D eigenvalue weighted by Gasteiger charge is -2.41. The zero-order valence-electron chi connectivity index (χ0n) is 12.8. The molecule has 0 saturated heterocycles. The summed E-state index contributed by atoms with van der Waals surface area (Å²) in [5.74, 6) is 0. The molecule has 0 heterocycles. The van der Waals surface area contributed by atoms with E-state index in [1.165, 1.54) is 0 Å². The van der Waals surface area contributed by atoms with Gasteiger partial charge >= 0.3 is 6.09 Å². The van der Waals surface area contributed by atoms with Gasteiger partial charge in [0.05, 0.1) is 11.1 Å². The van der Waals surface area contributed by atoms with Crippen LogP contribution in [0.4, 0.5) is 4.79 Å². The van der Waals surface area contributed by atoms with E-state index in [-0.39, 0.29) is 6.61 Å². The van der Waals surface area contributed by atoms with Gasteiger partial charge in [0.15, 0.2) is 0 Å². The largest absolute Gasteiger partial charge is 0.445 e. The molecular weight excluding hydrogens is 254 g/mol. The fourth-order valence-corrected chi connectivity index (χ4v) is 2.26. The fraction of sp³-hybridized carbons (Fsp3) is 0.562. The number of amides is 1. The summed E-state index contributed by atoms with van der Waals surface area (Å²) in [6.07, 6.45) is 0.615. The highest BCUT2D eigenvalue weighted by molar-refractivity contribution is 5.68. The van der Waals surface area contributed by atoms with Crippen LogP contribution < -0.4 is 5.32 Å². The van der Waals surface area contributed by atoms with E-state index >= 15 is 0 Å². The predicted molar refractivity (Wildman–Crippen MR) is 79.4 cm³/mol. The Hall–Kier alpha value is -1.55. The molecule has 0 unspecified atom stereocenters. The summed E-state index contributed by atoms with van der Waals surface area (Å²) >= 11 is 0. The third-order valence-electron chi connectivity index (χ3n) is 3.96. The average molecular weight is 279 g/mol. The van der Waals surface area contributed by atoms with Gasteiger partial charge in [0.25, 0.3) is 0 Å². The van der Waals surface area contributed by atoms with E-state index in [1.807, 2.05) is 58.0 Å². The number of rotatable bonds is 6. The molecule has 1 aromatic rings. The molecule has 0 fully saturated rings. The number of hydrogen-bond donors (Lipinski definition) is 2. The molecule has 0 spiro atoms. The van der Waals surface area contributed by atoms with Gasteiger partial charge in [0, 0.05) is 0 Å². The van der Waals surface area contributed by atoms with Crippen LogP contribution in [0.2, 0.25) is 0 Å². The molecule has 1 aromatic carbocycles.